The van der Waals surface area contributed by atoms with Gasteiger partial charge in [-0.25, -0.2) is 4.79 Å². The van der Waals surface area contributed by atoms with Crippen molar-refractivity contribution < 1.29 is 19.6 Å². The summed E-state index contributed by atoms with van der Waals surface area (Å²) in [5.74, 6) is -0.262. The zero-order valence-electron chi connectivity index (χ0n) is 16.3. The summed E-state index contributed by atoms with van der Waals surface area (Å²) in [7, 11) is -1.23. The molecule has 10 heteroatoms. The van der Waals surface area contributed by atoms with E-state index in [0.717, 1.165) is 32.1 Å². The number of nitrogens with two attached hydrogens (primary N) is 3. The van der Waals surface area contributed by atoms with Crippen LogP contribution in [0.1, 0.15) is 54.4 Å². The Morgan fingerprint density at radius 2 is 1.90 bits per heavy atom. The molecule has 1 aliphatic carbocycles. The standard InChI is InChI=1S/C19H28BN5O4/c21-16(9-6-11-4-7-13(8-5-11)24-19(22)23)25-15-10-12-2-1-3-14(18(26)27)17(12)29-20(15)28/h1-3,11,13,15,28H,4-10H2,(H2,21,25)(H,26,27)(H4,22,23,24)/t11?,13?,15-/m0/s1. The van der Waals surface area contributed by atoms with Gasteiger partial charge in [-0.05, 0) is 56.1 Å². The number of hydrogen-bond acceptors (Lipinski definition) is 5. The van der Waals surface area contributed by atoms with Crippen LogP contribution in [-0.4, -0.2) is 47.0 Å². The van der Waals surface area contributed by atoms with Crippen LogP contribution >= 0.6 is 0 Å². The lowest BCUT2D eigenvalue weighted by molar-refractivity contribution is 0.0694. The van der Waals surface area contributed by atoms with Crippen LogP contribution in [0.3, 0.4) is 0 Å². The first-order valence-corrected chi connectivity index (χ1v) is 9.94. The summed E-state index contributed by atoms with van der Waals surface area (Å²) in [6.07, 6.45) is 5.98. The molecule has 1 aromatic rings. The fourth-order valence-corrected chi connectivity index (χ4v) is 4.09. The van der Waals surface area contributed by atoms with E-state index >= 15 is 0 Å². The van der Waals surface area contributed by atoms with E-state index in [1.54, 1.807) is 12.1 Å². The van der Waals surface area contributed by atoms with Crippen LogP contribution in [0.25, 0.3) is 0 Å². The average Bonchev–Trinajstić information content (AvgIpc) is 2.67. The molecule has 1 heterocycles. The van der Waals surface area contributed by atoms with Gasteiger partial charge in [-0.15, -0.1) is 0 Å². The molecule has 1 aliphatic heterocycles. The van der Waals surface area contributed by atoms with E-state index < -0.39 is 19.0 Å². The molecule has 2 aliphatic rings. The first-order chi connectivity index (χ1) is 13.8. The molecule has 1 saturated carbocycles. The molecule has 1 atom stereocenters. The van der Waals surface area contributed by atoms with Crippen LogP contribution in [0, 0.1) is 5.92 Å². The third-order valence-electron chi connectivity index (χ3n) is 5.61. The van der Waals surface area contributed by atoms with Gasteiger partial charge in [-0.3, -0.25) is 9.98 Å². The number of nitrogens with zero attached hydrogens (tertiary/aromatic N) is 2. The van der Waals surface area contributed by atoms with Gasteiger partial charge in [-0.1, -0.05) is 12.1 Å². The van der Waals surface area contributed by atoms with E-state index in [-0.39, 0.29) is 23.3 Å². The molecule has 9 nitrogen and oxygen atoms in total. The number of hydrogen-bond donors (Lipinski definition) is 5. The number of rotatable bonds is 6. The van der Waals surface area contributed by atoms with Gasteiger partial charge in [0.15, 0.2) is 5.96 Å². The fourth-order valence-electron chi connectivity index (χ4n) is 4.09. The van der Waals surface area contributed by atoms with Crippen molar-refractivity contribution in [2.24, 2.45) is 33.1 Å². The molecular weight excluding hydrogens is 373 g/mol. The molecular formula is C19H28BN5O4. The van der Waals surface area contributed by atoms with Crippen molar-refractivity contribution in [3.05, 3.63) is 29.3 Å². The molecule has 0 unspecified atom stereocenters. The molecule has 1 fully saturated rings. The van der Waals surface area contributed by atoms with Crippen LogP contribution in [0.4, 0.5) is 0 Å². The predicted octanol–water partition coefficient (Wildman–Crippen LogP) is 0.678. The molecule has 3 rings (SSSR count). The lowest BCUT2D eigenvalue weighted by Crippen LogP contribution is -2.42. The lowest BCUT2D eigenvalue weighted by atomic mass is 9.72. The number of carboxylic acid groups (broad SMARTS) is 1. The Labute approximate surface area is 170 Å². The van der Waals surface area contributed by atoms with Gasteiger partial charge in [0, 0.05) is 6.42 Å². The van der Waals surface area contributed by atoms with Crippen LogP contribution < -0.4 is 21.9 Å². The van der Waals surface area contributed by atoms with Gasteiger partial charge < -0.3 is 32.0 Å². The second kappa shape index (κ2) is 9.17. The highest BCUT2D eigenvalue weighted by Gasteiger charge is 2.36. The first-order valence-electron chi connectivity index (χ1n) is 9.94. The van der Waals surface area contributed by atoms with E-state index in [4.69, 9.17) is 21.9 Å². The maximum atomic E-state index is 11.3. The number of carbonyl (C=O) groups is 1. The highest BCUT2D eigenvalue weighted by molar-refractivity contribution is 6.46. The van der Waals surface area contributed by atoms with Crippen molar-refractivity contribution in [1.29, 1.82) is 0 Å². The Morgan fingerprint density at radius 1 is 1.17 bits per heavy atom. The van der Waals surface area contributed by atoms with E-state index in [0.29, 0.717) is 30.2 Å². The summed E-state index contributed by atoms with van der Waals surface area (Å²) in [5.41, 5.74) is 17.7. The molecule has 0 aromatic heterocycles. The van der Waals surface area contributed by atoms with Crippen LogP contribution in [0.15, 0.2) is 28.2 Å². The van der Waals surface area contributed by atoms with Crippen molar-refractivity contribution in [2.75, 3.05) is 0 Å². The minimum atomic E-state index is -1.23. The van der Waals surface area contributed by atoms with Crippen molar-refractivity contribution in [3.8, 4) is 5.75 Å². The number of guanidine groups is 1. The first kappa shape index (κ1) is 21.0. The number of para-hydroxylation sites is 1. The van der Waals surface area contributed by atoms with Crippen molar-refractivity contribution >= 4 is 24.9 Å². The third-order valence-corrected chi connectivity index (χ3v) is 5.61. The normalized spacial score (nSPS) is 24.4. The summed E-state index contributed by atoms with van der Waals surface area (Å²) < 4.78 is 5.45. The number of amidine groups is 1. The number of carboxylic acids is 1. The lowest BCUT2D eigenvalue weighted by Gasteiger charge is -2.27. The topological polar surface area (TPSA) is 170 Å². The Balaban J connectivity index is 1.55. The highest BCUT2D eigenvalue weighted by Crippen LogP contribution is 2.32. The molecule has 0 saturated heterocycles. The van der Waals surface area contributed by atoms with Gasteiger partial charge in [0.2, 0.25) is 0 Å². The molecule has 1 aromatic carbocycles. The quantitative estimate of drug-likeness (QED) is 0.265. The van der Waals surface area contributed by atoms with E-state index in [1.807, 2.05) is 0 Å². The summed E-state index contributed by atoms with van der Waals surface area (Å²) in [6, 6.07) is 5.11. The maximum Gasteiger partial charge on any atom is 0.549 e. The van der Waals surface area contributed by atoms with Crippen molar-refractivity contribution in [1.82, 2.24) is 0 Å². The smallest absolute Gasteiger partial charge is 0.534 e. The summed E-state index contributed by atoms with van der Waals surface area (Å²) in [6.45, 7) is 0. The number of fused-ring (bicyclic) bond motifs is 1. The highest BCUT2D eigenvalue weighted by atomic mass is 16.5. The number of aromatic carboxylic acids is 1. The number of benzene rings is 1. The Kier molecular flexibility index (Phi) is 6.63. The third kappa shape index (κ3) is 5.41. The summed E-state index contributed by atoms with van der Waals surface area (Å²) in [5, 5.41) is 19.5. The van der Waals surface area contributed by atoms with Crippen LogP contribution in [0.5, 0.6) is 5.75 Å². The Bertz CT molecular complexity index is 804. The van der Waals surface area contributed by atoms with E-state index in [9.17, 15) is 14.9 Å². The van der Waals surface area contributed by atoms with Crippen LogP contribution in [0.2, 0.25) is 0 Å². The monoisotopic (exact) mass is 401 g/mol. The van der Waals surface area contributed by atoms with Gasteiger partial charge >= 0.3 is 13.1 Å². The second-order valence-corrected chi connectivity index (χ2v) is 7.77. The minimum absolute atomic E-state index is 0.0354. The zero-order chi connectivity index (χ0) is 21.0. The van der Waals surface area contributed by atoms with E-state index in [2.05, 4.69) is 9.98 Å². The second-order valence-electron chi connectivity index (χ2n) is 7.77. The molecule has 0 bridgehead atoms. The predicted molar refractivity (Wildman–Crippen MR) is 112 cm³/mol. The summed E-state index contributed by atoms with van der Waals surface area (Å²) >= 11 is 0. The van der Waals surface area contributed by atoms with Crippen molar-refractivity contribution in [2.45, 2.75) is 56.9 Å². The number of aliphatic imine (C=N–C) groups is 2. The van der Waals surface area contributed by atoms with E-state index in [1.165, 1.54) is 6.07 Å². The summed E-state index contributed by atoms with van der Waals surface area (Å²) in [4.78, 5) is 20.0. The van der Waals surface area contributed by atoms with Gasteiger partial charge in [0.05, 0.1) is 17.4 Å². The average molecular weight is 401 g/mol. The van der Waals surface area contributed by atoms with Gasteiger partial charge in [0.25, 0.3) is 0 Å². The van der Waals surface area contributed by atoms with Gasteiger partial charge in [-0.2, -0.15) is 0 Å². The molecule has 0 radical (unpaired) electrons. The fraction of sp³-hybridized carbons (Fsp3) is 0.526. The molecule has 8 N–H and O–H groups in total. The Morgan fingerprint density at radius 3 is 2.55 bits per heavy atom. The maximum absolute atomic E-state index is 11.3. The van der Waals surface area contributed by atoms with Gasteiger partial charge in [0.1, 0.15) is 11.7 Å². The molecule has 156 valence electrons. The molecule has 0 amide bonds. The van der Waals surface area contributed by atoms with Crippen molar-refractivity contribution in [3.63, 3.8) is 0 Å². The molecule has 29 heavy (non-hydrogen) atoms. The minimum Gasteiger partial charge on any atom is -0.534 e. The SMILES string of the molecule is NC(N)=NC1CCC(CC/C(N)=N/[C@H]2Cc3cccc(C(=O)O)c3OB2O)CC1. The van der Waals surface area contributed by atoms with Crippen LogP contribution in [-0.2, 0) is 6.42 Å². The molecule has 0 spiro atoms. The largest absolute Gasteiger partial charge is 0.549 e. The zero-order valence-corrected chi connectivity index (χ0v) is 16.3. The Hall–Kier alpha value is -2.75.